The fraction of sp³-hybridized carbons (Fsp3) is 0.417. The second-order valence-electron chi connectivity index (χ2n) is 3.72. The summed E-state index contributed by atoms with van der Waals surface area (Å²) in [5.41, 5.74) is 1.59. The molecule has 1 aromatic rings. The number of benzene rings is 1. The first-order chi connectivity index (χ1) is 7.54. The smallest absolute Gasteiger partial charge is 0.241 e. The molecular weight excluding hydrogens is 207 g/mol. The van der Waals surface area contributed by atoms with Crippen LogP contribution >= 0.6 is 0 Å². The van der Waals surface area contributed by atoms with E-state index in [9.17, 15) is 9.18 Å². The van der Waals surface area contributed by atoms with Gasteiger partial charge in [0.1, 0.15) is 5.82 Å². The number of amides is 1. The molecule has 0 spiro atoms. The lowest BCUT2D eigenvalue weighted by atomic mass is 10.2. The van der Waals surface area contributed by atoms with Crippen LogP contribution in [0.15, 0.2) is 18.2 Å². The Hall–Kier alpha value is -1.58. The highest BCUT2D eigenvalue weighted by Gasteiger charge is 2.07. The van der Waals surface area contributed by atoms with Crippen molar-refractivity contribution in [3.63, 3.8) is 0 Å². The molecule has 1 aromatic carbocycles. The number of nitrogens with one attached hydrogen (secondary N) is 1. The second-order valence-corrected chi connectivity index (χ2v) is 3.72. The van der Waals surface area contributed by atoms with Crippen LogP contribution < -0.4 is 5.32 Å². The standard InChI is InChI=1S/C12H17FN2O/c1-4-15(3)12(16)8-14-11-7-10(13)6-5-9(11)2/h5-7,14H,4,8H2,1-3H3. The van der Waals surface area contributed by atoms with Crippen LogP contribution in [0.4, 0.5) is 10.1 Å². The van der Waals surface area contributed by atoms with Crippen molar-refractivity contribution < 1.29 is 9.18 Å². The van der Waals surface area contributed by atoms with Crippen molar-refractivity contribution in [2.75, 3.05) is 25.5 Å². The van der Waals surface area contributed by atoms with Crippen LogP contribution in [0.5, 0.6) is 0 Å². The molecule has 0 saturated carbocycles. The van der Waals surface area contributed by atoms with Gasteiger partial charge in [0, 0.05) is 19.3 Å². The highest BCUT2D eigenvalue weighted by molar-refractivity contribution is 5.80. The molecule has 1 rings (SSSR count). The van der Waals surface area contributed by atoms with Gasteiger partial charge < -0.3 is 10.2 Å². The van der Waals surface area contributed by atoms with Gasteiger partial charge in [-0.05, 0) is 31.5 Å². The first-order valence-electron chi connectivity index (χ1n) is 5.28. The fourth-order valence-electron chi connectivity index (χ4n) is 1.27. The van der Waals surface area contributed by atoms with Crippen molar-refractivity contribution in [2.24, 2.45) is 0 Å². The van der Waals surface area contributed by atoms with Crippen LogP contribution in [0.3, 0.4) is 0 Å². The predicted octanol–water partition coefficient (Wildman–Crippen LogP) is 2.02. The molecule has 1 amide bonds. The van der Waals surface area contributed by atoms with Crippen molar-refractivity contribution in [2.45, 2.75) is 13.8 Å². The summed E-state index contributed by atoms with van der Waals surface area (Å²) in [6, 6.07) is 4.49. The Morgan fingerprint density at radius 1 is 1.50 bits per heavy atom. The van der Waals surface area contributed by atoms with E-state index in [-0.39, 0.29) is 18.3 Å². The van der Waals surface area contributed by atoms with Crippen molar-refractivity contribution in [3.8, 4) is 0 Å². The lowest BCUT2D eigenvalue weighted by Crippen LogP contribution is -2.32. The summed E-state index contributed by atoms with van der Waals surface area (Å²) in [5, 5.41) is 2.94. The zero-order valence-corrected chi connectivity index (χ0v) is 9.88. The van der Waals surface area contributed by atoms with E-state index in [1.165, 1.54) is 12.1 Å². The summed E-state index contributed by atoms with van der Waals surface area (Å²) < 4.78 is 13.0. The number of hydrogen-bond donors (Lipinski definition) is 1. The molecule has 0 aliphatic heterocycles. The third-order valence-corrected chi connectivity index (χ3v) is 2.53. The third-order valence-electron chi connectivity index (χ3n) is 2.53. The zero-order chi connectivity index (χ0) is 12.1. The van der Waals surface area contributed by atoms with E-state index in [4.69, 9.17) is 0 Å². The number of nitrogens with zero attached hydrogens (tertiary/aromatic N) is 1. The van der Waals surface area contributed by atoms with Gasteiger partial charge in [0.2, 0.25) is 5.91 Å². The van der Waals surface area contributed by atoms with Gasteiger partial charge in [0.15, 0.2) is 0 Å². The van der Waals surface area contributed by atoms with Gasteiger partial charge in [-0.15, -0.1) is 0 Å². The first-order valence-corrected chi connectivity index (χ1v) is 5.28. The Bertz CT molecular complexity index is 379. The Morgan fingerprint density at radius 3 is 2.81 bits per heavy atom. The lowest BCUT2D eigenvalue weighted by Gasteiger charge is -2.16. The van der Waals surface area contributed by atoms with Crippen molar-refractivity contribution in [3.05, 3.63) is 29.6 Å². The van der Waals surface area contributed by atoms with Crippen LogP contribution in [0.25, 0.3) is 0 Å². The van der Waals surface area contributed by atoms with E-state index in [2.05, 4.69) is 5.32 Å². The Kier molecular flexibility index (Phi) is 4.28. The van der Waals surface area contributed by atoms with Crippen LogP contribution in [-0.2, 0) is 4.79 Å². The average molecular weight is 224 g/mol. The number of rotatable bonds is 4. The Balaban J connectivity index is 2.61. The highest BCUT2D eigenvalue weighted by Crippen LogP contribution is 2.15. The number of anilines is 1. The molecule has 0 aliphatic carbocycles. The maximum Gasteiger partial charge on any atom is 0.241 e. The zero-order valence-electron chi connectivity index (χ0n) is 9.88. The molecule has 0 heterocycles. The molecule has 0 aliphatic rings. The number of carbonyl (C=O) groups is 1. The van der Waals surface area contributed by atoms with E-state index < -0.39 is 0 Å². The Labute approximate surface area is 95.3 Å². The topological polar surface area (TPSA) is 32.3 Å². The van der Waals surface area contributed by atoms with Gasteiger partial charge in [0.05, 0.1) is 6.54 Å². The molecule has 0 radical (unpaired) electrons. The average Bonchev–Trinajstić information content (AvgIpc) is 2.28. The summed E-state index contributed by atoms with van der Waals surface area (Å²) in [7, 11) is 1.74. The lowest BCUT2D eigenvalue weighted by molar-refractivity contribution is -0.127. The molecule has 0 atom stereocenters. The number of hydrogen-bond acceptors (Lipinski definition) is 2. The van der Waals surface area contributed by atoms with Crippen molar-refractivity contribution in [1.82, 2.24) is 4.90 Å². The molecule has 4 heteroatoms. The largest absolute Gasteiger partial charge is 0.376 e. The maximum atomic E-state index is 13.0. The third kappa shape index (κ3) is 3.22. The molecular formula is C12H17FN2O. The maximum absolute atomic E-state index is 13.0. The van der Waals surface area contributed by atoms with E-state index in [1.54, 1.807) is 18.0 Å². The normalized spacial score (nSPS) is 10.0. The summed E-state index contributed by atoms with van der Waals surface area (Å²) in [5.74, 6) is -0.310. The quantitative estimate of drug-likeness (QED) is 0.848. The summed E-state index contributed by atoms with van der Waals surface area (Å²) >= 11 is 0. The molecule has 0 fully saturated rings. The van der Waals surface area contributed by atoms with E-state index in [1.807, 2.05) is 13.8 Å². The molecule has 88 valence electrons. The van der Waals surface area contributed by atoms with Crippen LogP contribution in [0.1, 0.15) is 12.5 Å². The number of aryl methyl sites for hydroxylation is 1. The van der Waals surface area contributed by atoms with Gasteiger partial charge >= 0.3 is 0 Å². The van der Waals surface area contributed by atoms with Gasteiger partial charge in [-0.3, -0.25) is 4.79 Å². The summed E-state index contributed by atoms with van der Waals surface area (Å²) in [4.78, 5) is 13.1. The highest BCUT2D eigenvalue weighted by atomic mass is 19.1. The monoisotopic (exact) mass is 224 g/mol. The number of halogens is 1. The van der Waals surface area contributed by atoms with Crippen molar-refractivity contribution in [1.29, 1.82) is 0 Å². The van der Waals surface area contributed by atoms with Crippen molar-refractivity contribution >= 4 is 11.6 Å². The molecule has 0 bridgehead atoms. The predicted molar refractivity (Wildman–Crippen MR) is 62.9 cm³/mol. The van der Waals surface area contributed by atoms with Crippen LogP contribution in [0.2, 0.25) is 0 Å². The SMILES string of the molecule is CCN(C)C(=O)CNc1cc(F)ccc1C. The van der Waals surface area contributed by atoms with E-state index in [0.717, 1.165) is 5.56 Å². The molecule has 0 aromatic heterocycles. The number of carbonyl (C=O) groups excluding carboxylic acids is 1. The summed E-state index contributed by atoms with van der Waals surface area (Å²) in [6.45, 7) is 4.64. The molecule has 0 unspecified atom stereocenters. The van der Waals surface area contributed by atoms with Gasteiger partial charge in [-0.2, -0.15) is 0 Å². The van der Waals surface area contributed by atoms with Crippen LogP contribution in [0, 0.1) is 12.7 Å². The summed E-state index contributed by atoms with van der Waals surface area (Å²) in [6.07, 6.45) is 0. The fourth-order valence-corrected chi connectivity index (χ4v) is 1.27. The first kappa shape index (κ1) is 12.5. The van der Waals surface area contributed by atoms with Gasteiger partial charge in [-0.25, -0.2) is 4.39 Å². The van der Waals surface area contributed by atoms with E-state index >= 15 is 0 Å². The molecule has 0 saturated heterocycles. The second kappa shape index (κ2) is 5.49. The molecule has 1 N–H and O–H groups in total. The van der Waals surface area contributed by atoms with E-state index in [0.29, 0.717) is 12.2 Å². The minimum absolute atomic E-state index is 0.00818. The van der Waals surface area contributed by atoms with Gasteiger partial charge in [0.25, 0.3) is 0 Å². The van der Waals surface area contributed by atoms with Crippen LogP contribution in [-0.4, -0.2) is 30.9 Å². The minimum atomic E-state index is -0.301. The Morgan fingerprint density at radius 2 is 2.19 bits per heavy atom. The molecule has 3 nitrogen and oxygen atoms in total. The van der Waals surface area contributed by atoms with Gasteiger partial charge in [-0.1, -0.05) is 6.07 Å². The number of likely N-dealkylation sites (N-methyl/N-ethyl adjacent to an activating group) is 1. The minimum Gasteiger partial charge on any atom is -0.376 e. The molecule has 16 heavy (non-hydrogen) atoms.